The van der Waals surface area contributed by atoms with Crippen LogP contribution in [0.4, 0.5) is 0 Å². The summed E-state index contributed by atoms with van der Waals surface area (Å²) in [5.74, 6) is 0.574. The maximum atomic E-state index is 14.1. The largest absolute Gasteiger partial charge is 0.481 e. The van der Waals surface area contributed by atoms with Crippen LogP contribution in [0.15, 0.2) is 46.5 Å². The fourth-order valence-electron chi connectivity index (χ4n) is 12.7. The number of aromatic nitrogens is 1. The van der Waals surface area contributed by atoms with Crippen molar-refractivity contribution in [3.63, 3.8) is 0 Å². The lowest BCUT2D eigenvalue weighted by Gasteiger charge is -2.71. The number of hydrogen-bond donors (Lipinski definition) is 2. The Morgan fingerprint density at radius 3 is 2.42 bits per heavy atom. The Kier molecular flexibility index (Phi) is 9.55. The Hall–Kier alpha value is -3.13. The van der Waals surface area contributed by atoms with Gasteiger partial charge in [-0.15, -0.1) is 0 Å². The number of halogens is 1. The summed E-state index contributed by atoms with van der Waals surface area (Å²) in [5, 5.41) is 17.1. The van der Waals surface area contributed by atoms with Crippen molar-refractivity contribution in [2.75, 3.05) is 0 Å². The van der Waals surface area contributed by atoms with Crippen molar-refractivity contribution in [1.82, 2.24) is 10.5 Å². The lowest BCUT2D eigenvalue weighted by atomic mass is 9.33. The lowest BCUT2D eigenvalue weighted by Crippen LogP contribution is -2.64. The molecule has 1 aromatic carbocycles. The highest BCUT2D eigenvalue weighted by Gasteiger charge is 2.68. The van der Waals surface area contributed by atoms with Gasteiger partial charge in [0.15, 0.2) is 5.76 Å². The number of esters is 1. The summed E-state index contributed by atoms with van der Waals surface area (Å²) in [7, 11) is 0. The highest BCUT2D eigenvalue weighted by Crippen LogP contribution is 2.75. The first-order valence-electron chi connectivity index (χ1n) is 20.0. The molecule has 1 aromatic heterocycles. The van der Waals surface area contributed by atoms with Gasteiger partial charge in [0.1, 0.15) is 11.8 Å². The molecule has 0 saturated heterocycles. The first kappa shape index (κ1) is 38.2. The van der Waals surface area contributed by atoms with E-state index in [1.807, 2.05) is 30.3 Å². The Morgan fingerprint density at radius 1 is 0.943 bits per heavy atom. The predicted molar refractivity (Wildman–Crippen MR) is 205 cm³/mol. The summed E-state index contributed by atoms with van der Waals surface area (Å²) in [6.07, 6.45) is 12.3. The van der Waals surface area contributed by atoms with Crippen LogP contribution in [-0.4, -0.2) is 34.2 Å². The van der Waals surface area contributed by atoms with E-state index in [4.69, 9.17) is 26.0 Å². The van der Waals surface area contributed by atoms with Gasteiger partial charge in [0, 0.05) is 22.5 Å². The van der Waals surface area contributed by atoms with Crippen LogP contribution in [0.1, 0.15) is 131 Å². The molecule has 2 unspecified atom stereocenters. The van der Waals surface area contributed by atoms with Crippen LogP contribution < -0.4 is 5.32 Å². The third-order valence-corrected chi connectivity index (χ3v) is 16.6. The zero-order valence-electron chi connectivity index (χ0n) is 32.8. The molecule has 2 aromatic rings. The van der Waals surface area contributed by atoms with Gasteiger partial charge in [0.25, 0.3) is 0 Å². The molecule has 0 bridgehead atoms. The van der Waals surface area contributed by atoms with E-state index >= 15 is 0 Å². The first-order chi connectivity index (χ1) is 24.9. The molecule has 5 aliphatic rings. The Morgan fingerprint density at radius 2 is 1.68 bits per heavy atom. The van der Waals surface area contributed by atoms with E-state index in [0.29, 0.717) is 34.2 Å². The topological polar surface area (TPSA) is 119 Å². The van der Waals surface area contributed by atoms with E-state index in [9.17, 15) is 14.4 Å². The minimum atomic E-state index is -0.974. The van der Waals surface area contributed by atoms with E-state index in [1.54, 1.807) is 5.57 Å². The summed E-state index contributed by atoms with van der Waals surface area (Å²) >= 11 is 6.39. The highest BCUT2D eigenvalue weighted by molar-refractivity contribution is 6.33. The fraction of sp³-hybridized carbons (Fsp3) is 0.682. The second kappa shape index (κ2) is 13.3. The zero-order chi connectivity index (χ0) is 38.2. The Bertz CT molecular complexity index is 1820. The summed E-state index contributed by atoms with van der Waals surface area (Å²) in [5.41, 5.74) is 2.81. The molecule has 8 nitrogen and oxygen atoms in total. The molecule has 0 radical (unpaired) electrons. The van der Waals surface area contributed by atoms with Gasteiger partial charge < -0.3 is 19.7 Å². The first-order valence-corrected chi connectivity index (χ1v) is 20.3. The van der Waals surface area contributed by atoms with E-state index in [2.05, 4.69) is 65.0 Å². The molecule has 9 atom stereocenters. The van der Waals surface area contributed by atoms with Gasteiger partial charge in [-0.2, -0.15) is 0 Å². The molecule has 9 heteroatoms. The van der Waals surface area contributed by atoms with Crippen LogP contribution in [0.5, 0.6) is 0 Å². The Balaban J connectivity index is 1.09. The smallest absolute Gasteiger partial charge is 0.306 e. The monoisotopic (exact) mass is 746 g/mol. The molecular weight excluding hydrogens is 688 g/mol. The van der Waals surface area contributed by atoms with Crippen molar-refractivity contribution in [2.45, 2.75) is 138 Å². The van der Waals surface area contributed by atoms with Gasteiger partial charge in [-0.25, -0.2) is 0 Å². The highest BCUT2D eigenvalue weighted by atomic mass is 35.5. The van der Waals surface area contributed by atoms with Crippen LogP contribution in [-0.2, 0) is 25.7 Å². The number of carbonyl (C=O) groups is 3. The SMILES string of the molecule is CC1(C)C2CC[C@]3(C)C(CC=C4[C@@H]5C[C@@](C)(C(=O)NCc6cc(-c7ccccc7Cl)no6)CC[C@]5(C)CC[C@]43C)[C@@]2(C)CC[C@@H]1OC(=O)CCC(=O)O. The summed E-state index contributed by atoms with van der Waals surface area (Å²) in [6, 6.07) is 9.40. The quantitative estimate of drug-likeness (QED) is 0.204. The molecule has 5 aliphatic carbocycles. The van der Waals surface area contributed by atoms with Crippen molar-refractivity contribution in [2.24, 2.45) is 50.2 Å². The lowest BCUT2D eigenvalue weighted by molar-refractivity contribution is -0.212. The van der Waals surface area contributed by atoms with E-state index in [1.165, 1.54) is 12.8 Å². The van der Waals surface area contributed by atoms with Gasteiger partial charge in [0.2, 0.25) is 5.91 Å². The molecule has 288 valence electrons. The third kappa shape index (κ3) is 6.17. The molecule has 1 amide bonds. The average Bonchev–Trinajstić information content (AvgIpc) is 3.57. The second-order valence-electron chi connectivity index (χ2n) is 19.3. The fourth-order valence-corrected chi connectivity index (χ4v) is 13.0. The maximum Gasteiger partial charge on any atom is 0.306 e. The van der Waals surface area contributed by atoms with Gasteiger partial charge in [0.05, 0.1) is 24.4 Å². The van der Waals surface area contributed by atoms with Gasteiger partial charge in [-0.1, -0.05) is 95.1 Å². The van der Waals surface area contributed by atoms with Crippen LogP contribution in [0.3, 0.4) is 0 Å². The van der Waals surface area contributed by atoms with Crippen molar-refractivity contribution in [3.05, 3.63) is 52.8 Å². The maximum absolute atomic E-state index is 14.1. The summed E-state index contributed by atoms with van der Waals surface area (Å²) in [4.78, 5) is 37.9. The average molecular weight is 747 g/mol. The number of carboxylic acid groups (broad SMARTS) is 1. The van der Waals surface area contributed by atoms with E-state index < -0.39 is 17.4 Å². The van der Waals surface area contributed by atoms with Crippen molar-refractivity contribution in [3.8, 4) is 11.3 Å². The normalized spacial score (nSPS) is 38.6. The van der Waals surface area contributed by atoms with Gasteiger partial charge >= 0.3 is 11.9 Å². The van der Waals surface area contributed by atoms with E-state index in [0.717, 1.165) is 56.9 Å². The van der Waals surface area contributed by atoms with Crippen LogP contribution >= 0.6 is 11.6 Å². The van der Waals surface area contributed by atoms with Crippen molar-refractivity contribution < 1.29 is 28.8 Å². The minimum Gasteiger partial charge on any atom is -0.481 e. The van der Waals surface area contributed by atoms with Crippen LogP contribution in [0.2, 0.25) is 5.02 Å². The molecule has 4 fully saturated rings. The number of fused-ring (bicyclic) bond motifs is 7. The van der Waals surface area contributed by atoms with Crippen LogP contribution in [0.25, 0.3) is 11.3 Å². The van der Waals surface area contributed by atoms with Crippen molar-refractivity contribution in [1.29, 1.82) is 0 Å². The molecule has 2 N–H and O–H groups in total. The molecule has 7 rings (SSSR count). The van der Waals surface area contributed by atoms with E-state index in [-0.39, 0.29) is 58.5 Å². The number of rotatable bonds is 8. The number of amides is 1. The minimum absolute atomic E-state index is 0.0437. The molecule has 0 spiro atoms. The summed E-state index contributed by atoms with van der Waals surface area (Å²) in [6.45, 7) is 17.1. The van der Waals surface area contributed by atoms with Gasteiger partial charge in [-0.05, 0) is 110 Å². The number of benzene rings is 1. The molecule has 0 aliphatic heterocycles. The number of allylic oxidation sites excluding steroid dienone is 2. The number of nitrogens with one attached hydrogen (secondary N) is 1. The second-order valence-corrected chi connectivity index (χ2v) is 19.7. The Labute approximate surface area is 320 Å². The molecule has 53 heavy (non-hydrogen) atoms. The molecule has 4 saturated carbocycles. The zero-order valence-corrected chi connectivity index (χ0v) is 33.5. The number of carboxylic acids is 1. The number of carbonyl (C=O) groups excluding carboxylic acids is 2. The number of nitrogens with zero attached hydrogens (tertiary/aromatic N) is 1. The number of hydrogen-bond acceptors (Lipinski definition) is 6. The van der Waals surface area contributed by atoms with Crippen molar-refractivity contribution >= 4 is 29.4 Å². The number of ether oxygens (including phenoxy) is 1. The van der Waals surface area contributed by atoms with Gasteiger partial charge in [-0.3, -0.25) is 14.4 Å². The number of aliphatic carboxylic acids is 1. The predicted octanol–water partition coefficient (Wildman–Crippen LogP) is 10.2. The molecular formula is C44H59ClN2O6. The molecule has 1 heterocycles. The third-order valence-electron chi connectivity index (χ3n) is 16.3. The standard InChI is InChI=1S/C44H59ClN2O6/c1-39(2)33-16-19-44(7)34(42(33,5)18-17-35(39)52-37(50)15-14-36(48)49)13-12-29-30-25-41(4,21-20-40(30,3)22-23-43(29,44)6)38(51)46-26-27-24-32(47-53-27)28-10-8-9-11-31(28)45/h8-12,24,30,33-35H,13-23,25-26H2,1-7H3,(H,46,51)(H,48,49)/t30-,33?,34?,35-,40+,41-,42-,43+,44+/m0/s1. The summed E-state index contributed by atoms with van der Waals surface area (Å²) < 4.78 is 11.7. The van der Waals surface area contributed by atoms with Crippen LogP contribution in [0, 0.1) is 50.2 Å².